The summed E-state index contributed by atoms with van der Waals surface area (Å²) < 4.78 is 5.61. The highest BCUT2D eigenvalue weighted by Gasteiger charge is 2.36. The lowest BCUT2D eigenvalue weighted by molar-refractivity contribution is 0.456. The molecule has 1 aromatic heterocycles. The van der Waals surface area contributed by atoms with E-state index in [1.807, 2.05) is 19.1 Å². The topological polar surface area (TPSA) is 36.9 Å². The molecule has 1 fully saturated rings. The van der Waals surface area contributed by atoms with E-state index in [2.05, 4.69) is 13.0 Å². The van der Waals surface area contributed by atoms with Gasteiger partial charge in [-0.15, -0.1) is 0 Å². The number of hydrogen-bond donors (Lipinski definition) is 0. The number of nitriles is 1. The van der Waals surface area contributed by atoms with Crippen LogP contribution in [-0.4, -0.2) is 0 Å². The first-order valence-electron chi connectivity index (χ1n) is 4.71. The molecular weight excluding hydrogens is 162 g/mol. The van der Waals surface area contributed by atoms with E-state index in [-0.39, 0.29) is 5.92 Å². The summed E-state index contributed by atoms with van der Waals surface area (Å²) in [5.41, 5.74) is 0. The van der Waals surface area contributed by atoms with E-state index < -0.39 is 0 Å². The Kier molecular flexibility index (Phi) is 1.88. The largest absolute Gasteiger partial charge is 0.464 e. The summed E-state index contributed by atoms with van der Waals surface area (Å²) in [6.45, 7) is 4.08. The molecular formula is C11H13NO. The first-order chi connectivity index (χ1) is 6.22. The van der Waals surface area contributed by atoms with Gasteiger partial charge in [0.05, 0.1) is 6.07 Å². The van der Waals surface area contributed by atoms with Crippen LogP contribution in [0.5, 0.6) is 0 Å². The van der Waals surface area contributed by atoms with Gasteiger partial charge in [0.15, 0.2) is 0 Å². The van der Waals surface area contributed by atoms with Crippen molar-refractivity contribution in [2.75, 3.05) is 0 Å². The predicted molar refractivity (Wildman–Crippen MR) is 49.3 cm³/mol. The second kappa shape index (κ2) is 2.92. The van der Waals surface area contributed by atoms with Gasteiger partial charge in [0.25, 0.3) is 0 Å². The highest BCUT2D eigenvalue weighted by molar-refractivity contribution is 5.21. The van der Waals surface area contributed by atoms with Crippen LogP contribution in [0.25, 0.3) is 0 Å². The zero-order valence-corrected chi connectivity index (χ0v) is 7.95. The molecule has 3 unspecified atom stereocenters. The molecule has 1 heterocycles. The highest BCUT2D eigenvalue weighted by Crippen LogP contribution is 2.47. The van der Waals surface area contributed by atoms with Crippen molar-refractivity contribution in [1.82, 2.24) is 0 Å². The van der Waals surface area contributed by atoms with Gasteiger partial charge in [0.1, 0.15) is 17.4 Å². The fraction of sp³-hybridized carbons (Fsp3) is 0.545. The lowest BCUT2D eigenvalue weighted by Crippen LogP contribution is -1.84. The zero-order valence-electron chi connectivity index (χ0n) is 7.95. The van der Waals surface area contributed by atoms with Crippen LogP contribution in [0, 0.1) is 17.2 Å². The number of rotatable bonds is 2. The molecule has 1 aliphatic carbocycles. The molecule has 1 aromatic rings. The Balaban J connectivity index is 2.15. The average Bonchev–Trinajstić information content (AvgIpc) is 2.70. The smallest absolute Gasteiger partial charge is 0.121 e. The highest BCUT2D eigenvalue weighted by atomic mass is 16.3. The molecule has 2 nitrogen and oxygen atoms in total. The lowest BCUT2D eigenvalue weighted by Gasteiger charge is -1.96. The Morgan fingerprint density at radius 2 is 2.31 bits per heavy atom. The normalized spacial score (nSPS) is 28.1. The monoisotopic (exact) mass is 175 g/mol. The second-order valence-corrected chi connectivity index (χ2v) is 3.91. The first-order valence-corrected chi connectivity index (χ1v) is 4.71. The van der Waals surface area contributed by atoms with E-state index >= 15 is 0 Å². The molecule has 0 spiro atoms. The van der Waals surface area contributed by atoms with E-state index in [4.69, 9.17) is 9.68 Å². The SMILES string of the molecule is CC(C#N)c1ccc(C2CC2C)o1. The molecule has 0 amide bonds. The Morgan fingerprint density at radius 3 is 2.85 bits per heavy atom. The van der Waals surface area contributed by atoms with Gasteiger partial charge in [0, 0.05) is 5.92 Å². The van der Waals surface area contributed by atoms with E-state index in [0.717, 1.165) is 17.4 Å². The van der Waals surface area contributed by atoms with Gasteiger partial charge in [0.2, 0.25) is 0 Å². The van der Waals surface area contributed by atoms with Crippen molar-refractivity contribution in [3.05, 3.63) is 23.7 Å². The molecule has 0 bridgehead atoms. The molecule has 2 heteroatoms. The van der Waals surface area contributed by atoms with Crippen LogP contribution in [0.1, 0.15) is 43.6 Å². The standard InChI is InChI=1S/C11H13NO/c1-7-5-9(7)11-4-3-10(13-11)8(2)6-12/h3-4,7-9H,5H2,1-2H3. The van der Waals surface area contributed by atoms with Crippen molar-refractivity contribution in [1.29, 1.82) is 5.26 Å². The van der Waals surface area contributed by atoms with Gasteiger partial charge < -0.3 is 4.42 Å². The van der Waals surface area contributed by atoms with Crippen molar-refractivity contribution >= 4 is 0 Å². The molecule has 1 saturated carbocycles. The summed E-state index contributed by atoms with van der Waals surface area (Å²) in [6.07, 6.45) is 1.23. The molecule has 1 aliphatic rings. The fourth-order valence-corrected chi connectivity index (χ4v) is 1.58. The number of nitrogens with zero attached hydrogens (tertiary/aromatic N) is 1. The van der Waals surface area contributed by atoms with E-state index in [1.165, 1.54) is 6.42 Å². The van der Waals surface area contributed by atoms with E-state index in [0.29, 0.717) is 5.92 Å². The van der Waals surface area contributed by atoms with Crippen LogP contribution >= 0.6 is 0 Å². The van der Waals surface area contributed by atoms with Gasteiger partial charge in [-0.3, -0.25) is 0 Å². The minimum Gasteiger partial charge on any atom is -0.464 e. The Bertz CT molecular complexity index is 347. The van der Waals surface area contributed by atoms with Crippen LogP contribution in [0.2, 0.25) is 0 Å². The fourth-order valence-electron chi connectivity index (χ4n) is 1.58. The van der Waals surface area contributed by atoms with Gasteiger partial charge in [-0.05, 0) is 31.4 Å². The summed E-state index contributed by atoms with van der Waals surface area (Å²) in [7, 11) is 0. The molecule has 0 N–H and O–H groups in total. The first kappa shape index (κ1) is 8.37. The molecule has 0 aromatic carbocycles. The van der Waals surface area contributed by atoms with Gasteiger partial charge in [-0.2, -0.15) is 5.26 Å². The van der Waals surface area contributed by atoms with Crippen LogP contribution in [0.4, 0.5) is 0 Å². The van der Waals surface area contributed by atoms with Crippen molar-refractivity contribution in [2.45, 2.75) is 32.1 Å². The van der Waals surface area contributed by atoms with Gasteiger partial charge in [-0.25, -0.2) is 0 Å². The van der Waals surface area contributed by atoms with Crippen LogP contribution in [-0.2, 0) is 0 Å². The van der Waals surface area contributed by atoms with Crippen LogP contribution < -0.4 is 0 Å². The van der Waals surface area contributed by atoms with E-state index in [1.54, 1.807) is 0 Å². The summed E-state index contributed by atoms with van der Waals surface area (Å²) in [5.74, 6) is 3.11. The molecule has 2 rings (SSSR count). The maximum absolute atomic E-state index is 8.69. The average molecular weight is 175 g/mol. The Morgan fingerprint density at radius 1 is 1.62 bits per heavy atom. The molecule has 0 aliphatic heterocycles. The molecule has 3 atom stereocenters. The minimum absolute atomic E-state index is 0.122. The summed E-state index contributed by atoms with van der Waals surface area (Å²) in [6, 6.07) is 6.11. The van der Waals surface area contributed by atoms with Gasteiger partial charge >= 0.3 is 0 Å². The molecule has 68 valence electrons. The minimum atomic E-state index is -0.122. The maximum Gasteiger partial charge on any atom is 0.121 e. The van der Waals surface area contributed by atoms with Crippen LogP contribution in [0.3, 0.4) is 0 Å². The third kappa shape index (κ3) is 1.47. The predicted octanol–water partition coefficient (Wildman–Crippen LogP) is 3.03. The quantitative estimate of drug-likeness (QED) is 0.692. The Labute approximate surface area is 78.2 Å². The number of hydrogen-bond acceptors (Lipinski definition) is 2. The van der Waals surface area contributed by atoms with Gasteiger partial charge in [-0.1, -0.05) is 6.92 Å². The maximum atomic E-state index is 8.69. The van der Waals surface area contributed by atoms with Crippen molar-refractivity contribution < 1.29 is 4.42 Å². The third-order valence-corrected chi connectivity index (χ3v) is 2.74. The molecule has 0 saturated heterocycles. The van der Waals surface area contributed by atoms with Crippen molar-refractivity contribution in [3.63, 3.8) is 0 Å². The molecule has 0 radical (unpaired) electrons. The second-order valence-electron chi connectivity index (χ2n) is 3.91. The van der Waals surface area contributed by atoms with Crippen molar-refractivity contribution in [2.24, 2.45) is 5.92 Å². The zero-order chi connectivity index (χ0) is 9.42. The molecule has 13 heavy (non-hydrogen) atoms. The summed E-state index contributed by atoms with van der Waals surface area (Å²) >= 11 is 0. The van der Waals surface area contributed by atoms with Crippen LogP contribution in [0.15, 0.2) is 16.5 Å². The lowest BCUT2D eigenvalue weighted by atomic mass is 10.1. The van der Waals surface area contributed by atoms with E-state index in [9.17, 15) is 0 Å². The summed E-state index contributed by atoms with van der Waals surface area (Å²) in [4.78, 5) is 0. The Hall–Kier alpha value is -1.23. The summed E-state index contributed by atoms with van der Waals surface area (Å²) in [5, 5.41) is 8.69. The third-order valence-electron chi connectivity index (χ3n) is 2.74. The number of furan rings is 1. The van der Waals surface area contributed by atoms with Crippen molar-refractivity contribution in [3.8, 4) is 6.07 Å².